The van der Waals surface area contributed by atoms with Gasteiger partial charge in [0.15, 0.2) is 0 Å². The summed E-state index contributed by atoms with van der Waals surface area (Å²) >= 11 is 0. The average molecular weight is 928 g/mol. The molecule has 3 aliphatic rings. The van der Waals surface area contributed by atoms with Gasteiger partial charge < -0.3 is 4.42 Å². The summed E-state index contributed by atoms with van der Waals surface area (Å²) < 4.78 is 11.7. The van der Waals surface area contributed by atoms with E-state index in [1.165, 1.54) is 20.3 Å². The van der Waals surface area contributed by atoms with Crippen LogP contribution in [0.15, 0.2) is 252 Å². The highest BCUT2D eigenvalue weighted by Crippen LogP contribution is 2.77. The molecule has 0 aliphatic heterocycles. The van der Waals surface area contributed by atoms with Crippen LogP contribution in [0.1, 0.15) is 54.1 Å². The summed E-state index contributed by atoms with van der Waals surface area (Å²) in [5.74, 6) is 1.84. The van der Waals surface area contributed by atoms with Gasteiger partial charge >= 0.3 is 0 Å². The summed E-state index contributed by atoms with van der Waals surface area (Å²) in [7, 11) is -2.08. The monoisotopic (exact) mass is 927 g/mol. The molecule has 70 heavy (non-hydrogen) atoms. The third-order valence-corrected chi connectivity index (χ3v) is 17.1. The second-order valence-electron chi connectivity index (χ2n) is 17.5. The third-order valence-electron chi connectivity index (χ3n) is 13.2. The van der Waals surface area contributed by atoms with E-state index in [-0.39, 0.29) is 0 Å². The average Bonchev–Trinajstić information content (AvgIpc) is 3.74. The van der Waals surface area contributed by atoms with Gasteiger partial charge in [0.2, 0.25) is 11.9 Å². The van der Waals surface area contributed by atoms with Crippen molar-refractivity contribution in [2.75, 3.05) is 0 Å². The second kappa shape index (κ2) is 19.4. The topological polar surface area (TPSA) is 60.1 Å². The maximum atomic E-state index is 7.44. The highest BCUT2D eigenvalue weighted by molar-refractivity contribution is 8.44. The van der Waals surface area contributed by atoms with E-state index < -0.39 is 10.0 Å². The Balaban J connectivity index is 1.13. The SMILES string of the molecule is C=NC(=NC(=NCc1cccc2c3c(oc12)C(S(C1=CC=CCC=C1)(c1ccccc1)c1ccccc1)=CC=CC3)n1c2c(c3ccccc31)C=CC=CC2)n1c(/C=C(C)\C=C/C)cc2ccccc21. The molecule has 0 amide bonds. The molecule has 0 bridgehead atoms. The standard InChI is InChI=1S/C63H53N5OS/c1-4-25-45(2)42-48-43-46-26-18-21-38-56(46)67(48)62(64-3)66-63(68-57-39-17-9-16-34-52(57)53-35-19-22-40-58(53)68)65-44-47-27-24-37-54-55-36-20-23-41-59(61(55)69-60(47)54)70(50-30-12-7-13-31-50,51-32-14-8-15-33-51)49-28-10-5-6-11-29-49/h4-5,7-35,37-38,40-43H,3,6,36,39,44H2,1-2H3/b25-4-,45-42-,65-63?,66-62?. The van der Waals surface area contributed by atoms with Crippen LogP contribution in [-0.2, 0) is 19.4 Å². The van der Waals surface area contributed by atoms with E-state index in [9.17, 15) is 0 Å². The molecule has 0 atom stereocenters. The zero-order valence-electron chi connectivity index (χ0n) is 39.5. The zero-order valence-corrected chi connectivity index (χ0v) is 40.3. The molecule has 5 aromatic carbocycles. The summed E-state index contributed by atoms with van der Waals surface area (Å²) in [5, 5.41) is 3.29. The molecule has 0 radical (unpaired) electrons. The number of fused-ring (bicyclic) bond motifs is 7. The minimum atomic E-state index is -2.08. The van der Waals surface area contributed by atoms with E-state index >= 15 is 0 Å². The van der Waals surface area contributed by atoms with Gasteiger partial charge in [-0.2, -0.15) is 4.99 Å². The van der Waals surface area contributed by atoms with Crippen molar-refractivity contribution in [2.45, 2.75) is 49.4 Å². The molecule has 0 N–H and O–H groups in total. The molecule has 0 unspecified atom stereocenters. The lowest BCUT2D eigenvalue weighted by atomic mass is 10.1. The van der Waals surface area contributed by atoms with Gasteiger partial charge in [0, 0.05) is 64.6 Å². The molecule has 3 aliphatic carbocycles. The molecule has 7 heteroatoms. The number of hydrogen-bond acceptors (Lipinski definition) is 2. The van der Waals surface area contributed by atoms with Crippen molar-refractivity contribution in [2.24, 2.45) is 15.0 Å². The highest BCUT2D eigenvalue weighted by Gasteiger charge is 2.40. The molecular weight excluding hydrogens is 875 g/mol. The van der Waals surface area contributed by atoms with Gasteiger partial charge in [0.1, 0.15) is 11.3 Å². The third kappa shape index (κ3) is 7.88. The van der Waals surface area contributed by atoms with E-state index in [4.69, 9.17) is 14.4 Å². The summed E-state index contributed by atoms with van der Waals surface area (Å²) in [6.07, 6.45) is 35.4. The molecule has 8 aromatic rings. The molecule has 3 aromatic heterocycles. The number of aliphatic imine (C=N–C) groups is 3. The van der Waals surface area contributed by atoms with Crippen LogP contribution in [-0.4, -0.2) is 27.8 Å². The lowest BCUT2D eigenvalue weighted by molar-refractivity contribution is 0.594. The van der Waals surface area contributed by atoms with Crippen LogP contribution in [0.3, 0.4) is 0 Å². The van der Waals surface area contributed by atoms with Crippen molar-refractivity contribution >= 4 is 78.5 Å². The molecule has 11 rings (SSSR count). The van der Waals surface area contributed by atoms with Crippen LogP contribution in [0.25, 0.3) is 49.8 Å². The number of allylic oxidation sites excluding steroid dienone is 14. The molecular formula is C63H53N5OS. The van der Waals surface area contributed by atoms with Crippen molar-refractivity contribution in [3.8, 4) is 0 Å². The van der Waals surface area contributed by atoms with Crippen LogP contribution < -0.4 is 0 Å². The van der Waals surface area contributed by atoms with Crippen LogP contribution in [0.2, 0.25) is 0 Å². The summed E-state index contributed by atoms with van der Waals surface area (Å²) in [4.78, 5) is 20.6. The van der Waals surface area contributed by atoms with Crippen molar-refractivity contribution in [3.63, 3.8) is 0 Å². The number of para-hydroxylation sites is 3. The van der Waals surface area contributed by atoms with Crippen LogP contribution >= 0.6 is 10.0 Å². The van der Waals surface area contributed by atoms with Crippen molar-refractivity contribution in [3.05, 3.63) is 257 Å². The quantitative estimate of drug-likeness (QED) is 0.0851. The fraction of sp³-hybridized carbons (Fsp3) is 0.0952. The van der Waals surface area contributed by atoms with Crippen molar-refractivity contribution in [1.29, 1.82) is 0 Å². The Morgan fingerprint density at radius 1 is 0.700 bits per heavy atom. The van der Waals surface area contributed by atoms with Gasteiger partial charge in [-0.1, -0.05) is 164 Å². The largest absolute Gasteiger partial charge is 0.455 e. The lowest BCUT2D eigenvalue weighted by Crippen LogP contribution is -2.19. The van der Waals surface area contributed by atoms with Gasteiger partial charge in [0.05, 0.1) is 23.3 Å². The first-order chi connectivity index (χ1) is 34.6. The minimum absolute atomic E-state index is 0.294. The molecule has 0 saturated heterocycles. The van der Waals surface area contributed by atoms with Gasteiger partial charge in [-0.25, -0.2) is 9.98 Å². The fourth-order valence-electron chi connectivity index (χ4n) is 10.2. The maximum Gasteiger partial charge on any atom is 0.237 e. The minimum Gasteiger partial charge on any atom is -0.455 e. The molecule has 0 fully saturated rings. The Bertz CT molecular complexity index is 3650. The van der Waals surface area contributed by atoms with Gasteiger partial charge in [-0.05, 0) is 99.7 Å². The maximum absolute atomic E-state index is 7.44. The Labute approximate surface area is 411 Å². The van der Waals surface area contributed by atoms with Crippen molar-refractivity contribution < 1.29 is 4.42 Å². The molecule has 0 spiro atoms. The van der Waals surface area contributed by atoms with Gasteiger partial charge in [-0.3, -0.25) is 9.13 Å². The number of hydrogen-bond donors (Lipinski definition) is 0. The summed E-state index contributed by atoms with van der Waals surface area (Å²) in [5.41, 5.74) is 9.25. The van der Waals surface area contributed by atoms with Crippen LogP contribution in [0.4, 0.5) is 0 Å². The number of furan rings is 1. The molecule has 6 nitrogen and oxygen atoms in total. The first-order valence-electron chi connectivity index (χ1n) is 23.9. The molecule has 0 saturated carbocycles. The summed E-state index contributed by atoms with van der Waals surface area (Å²) in [6, 6.07) is 47.5. The van der Waals surface area contributed by atoms with E-state index in [2.05, 4.69) is 246 Å². The first-order valence-corrected chi connectivity index (χ1v) is 25.6. The summed E-state index contributed by atoms with van der Waals surface area (Å²) in [6.45, 7) is 8.56. The Kier molecular flexibility index (Phi) is 12.3. The number of aromatic nitrogens is 2. The zero-order chi connectivity index (χ0) is 47.4. The number of nitrogens with zero attached hydrogens (tertiary/aromatic N) is 5. The normalized spacial score (nSPS) is 15.5. The van der Waals surface area contributed by atoms with Crippen LogP contribution in [0, 0.1) is 0 Å². The van der Waals surface area contributed by atoms with Gasteiger partial charge in [-0.15, -0.1) is 10.0 Å². The fourth-order valence-corrected chi connectivity index (χ4v) is 14.2. The Morgan fingerprint density at radius 3 is 2.23 bits per heavy atom. The molecule has 3 heterocycles. The Hall–Kier alpha value is -8.26. The number of benzene rings is 5. The predicted octanol–water partition coefficient (Wildman–Crippen LogP) is 16.2. The predicted molar refractivity (Wildman–Crippen MR) is 298 cm³/mol. The van der Waals surface area contributed by atoms with E-state index in [1.807, 2.05) is 13.0 Å². The number of rotatable bonds is 8. The Morgan fingerprint density at radius 2 is 1.43 bits per heavy atom. The van der Waals surface area contributed by atoms with Crippen LogP contribution in [0.5, 0.6) is 0 Å². The molecule has 342 valence electrons. The van der Waals surface area contributed by atoms with Crippen molar-refractivity contribution in [1.82, 2.24) is 9.13 Å². The van der Waals surface area contributed by atoms with E-state index in [0.29, 0.717) is 24.9 Å². The smallest absolute Gasteiger partial charge is 0.237 e. The van der Waals surface area contributed by atoms with Gasteiger partial charge in [0.25, 0.3) is 0 Å². The van der Waals surface area contributed by atoms with E-state index in [0.717, 1.165) is 84.4 Å². The highest BCUT2D eigenvalue weighted by atomic mass is 32.3. The first kappa shape index (κ1) is 44.3. The lowest BCUT2D eigenvalue weighted by Gasteiger charge is -2.43. The van der Waals surface area contributed by atoms with E-state index in [1.54, 1.807) is 0 Å². The second-order valence-corrected chi connectivity index (χ2v) is 20.6.